The number of nitrogens with one attached hydrogen (secondary N) is 2. The molecule has 0 aromatic rings. The van der Waals surface area contributed by atoms with Crippen LogP contribution < -0.4 is 10.0 Å². The smallest absolute Gasteiger partial charge is 0.212 e. The Morgan fingerprint density at radius 3 is 2.50 bits per heavy atom. The molecule has 0 radical (unpaired) electrons. The highest BCUT2D eigenvalue weighted by Gasteiger charge is 2.37. The molecule has 0 aromatic carbocycles. The van der Waals surface area contributed by atoms with E-state index in [9.17, 15) is 8.42 Å². The van der Waals surface area contributed by atoms with Crippen LogP contribution in [-0.2, 0) is 10.0 Å². The summed E-state index contributed by atoms with van der Waals surface area (Å²) in [5.41, 5.74) is 0.241. The predicted octanol–water partition coefficient (Wildman–Crippen LogP) is 0.315. The molecule has 0 atom stereocenters. The monoisotopic (exact) mass is 220 g/mol. The van der Waals surface area contributed by atoms with Gasteiger partial charge in [-0.2, -0.15) is 0 Å². The van der Waals surface area contributed by atoms with Gasteiger partial charge >= 0.3 is 0 Å². The van der Waals surface area contributed by atoms with Crippen LogP contribution in [0.25, 0.3) is 0 Å². The second kappa shape index (κ2) is 4.59. The minimum Gasteiger partial charge on any atom is -0.316 e. The van der Waals surface area contributed by atoms with E-state index in [4.69, 9.17) is 0 Å². The summed E-state index contributed by atoms with van der Waals surface area (Å²) in [5, 5.41) is 3.00. The van der Waals surface area contributed by atoms with Gasteiger partial charge in [-0.3, -0.25) is 0 Å². The van der Waals surface area contributed by atoms with Gasteiger partial charge < -0.3 is 5.32 Å². The lowest BCUT2D eigenvalue weighted by atomic mass is 10.2. The lowest BCUT2D eigenvalue weighted by molar-refractivity contribution is 0.529. The van der Waals surface area contributed by atoms with Crippen LogP contribution in [0.3, 0.4) is 0 Å². The zero-order valence-electron chi connectivity index (χ0n) is 8.97. The molecule has 0 aromatic heterocycles. The minimum atomic E-state index is -3.06. The topological polar surface area (TPSA) is 58.2 Å². The Hall–Kier alpha value is -0.130. The second-order valence-corrected chi connectivity index (χ2v) is 6.23. The van der Waals surface area contributed by atoms with Gasteiger partial charge in [-0.05, 0) is 24.8 Å². The van der Waals surface area contributed by atoms with Crippen molar-refractivity contribution >= 4 is 10.0 Å². The first-order valence-electron chi connectivity index (χ1n) is 5.15. The molecule has 1 saturated carbocycles. The average molecular weight is 220 g/mol. The van der Waals surface area contributed by atoms with Gasteiger partial charge in [0.2, 0.25) is 10.0 Å². The molecule has 0 heterocycles. The molecular weight excluding hydrogens is 200 g/mol. The Kier molecular flexibility index (Phi) is 3.92. The van der Waals surface area contributed by atoms with E-state index < -0.39 is 10.0 Å². The van der Waals surface area contributed by atoms with E-state index in [-0.39, 0.29) is 11.2 Å². The van der Waals surface area contributed by atoms with Crippen LogP contribution in [0.15, 0.2) is 0 Å². The fraction of sp³-hybridized carbons (Fsp3) is 1.00. The molecule has 4 nitrogen and oxygen atoms in total. The zero-order valence-corrected chi connectivity index (χ0v) is 9.78. The summed E-state index contributed by atoms with van der Waals surface area (Å²) in [4.78, 5) is 0. The number of hydrogen-bond acceptors (Lipinski definition) is 3. The van der Waals surface area contributed by atoms with Crippen molar-refractivity contribution in [1.29, 1.82) is 0 Å². The van der Waals surface area contributed by atoms with E-state index in [1.54, 1.807) is 0 Å². The molecule has 0 saturated heterocycles. The molecule has 1 aliphatic rings. The molecule has 1 fully saturated rings. The third kappa shape index (κ3) is 4.39. The molecule has 0 spiro atoms. The summed E-state index contributed by atoms with van der Waals surface area (Å²) in [5.74, 6) is 0.178. The van der Waals surface area contributed by atoms with Crippen molar-refractivity contribution in [3.8, 4) is 0 Å². The molecule has 84 valence electrons. The van der Waals surface area contributed by atoms with E-state index in [0.717, 1.165) is 19.4 Å². The Labute approximate surface area is 86.5 Å². The first-order chi connectivity index (χ1) is 6.47. The summed E-state index contributed by atoms with van der Waals surface area (Å²) < 4.78 is 25.5. The fourth-order valence-corrected chi connectivity index (χ4v) is 2.26. The van der Waals surface area contributed by atoms with Crippen molar-refractivity contribution in [3.05, 3.63) is 0 Å². The molecule has 5 heteroatoms. The predicted molar refractivity (Wildman–Crippen MR) is 57.7 cm³/mol. The second-order valence-electron chi connectivity index (χ2n) is 4.30. The average Bonchev–Trinajstić information content (AvgIpc) is 2.82. The fourth-order valence-electron chi connectivity index (χ4n) is 1.13. The number of hydrogen-bond donors (Lipinski definition) is 2. The van der Waals surface area contributed by atoms with Crippen LogP contribution >= 0.6 is 0 Å². The summed E-state index contributed by atoms with van der Waals surface area (Å²) in [6.07, 6.45) is 2.28. The van der Waals surface area contributed by atoms with E-state index in [0.29, 0.717) is 13.1 Å². The van der Waals surface area contributed by atoms with Gasteiger partial charge in [0.15, 0.2) is 0 Å². The van der Waals surface area contributed by atoms with E-state index in [1.807, 2.05) is 6.92 Å². The first kappa shape index (κ1) is 11.9. The summed E-state index contributed by atoms with van der Waals surface area (Å²) in [7, 11) is -3.06. The Morgan fingerprint density at radius 1 is 1.36 bits per heavy atom. The maximum Gasteiger partial charge on any atom is 0.212 e. The quantitative estimate of drug-likeness (QED) is 0.607. The van der Waals surface area contributed by atoms with E-state index >= 15 is 0 Å². The van der Waals surface area contributed by atoms with Crippen LogP contribution in [0.5, 0.6) is 0 Å². The van der Waals surface area contributed by atoms with Gasteiger partial charge in [-0.15, -0.1) is 0 Å². The molecular formula is C9H20N2O2S. The first-order valence-corrected chi connectivity index (χ1v) is 6.81. The standard InChI is InChI=1S/C9H20N2O2S/c1-3-10-6-7-14(12,13)11-8-9(2)4-5-9/h10-11H,3-8H2,1-2H3. The largest absolute Gasteiger partial charge is 0.316 e. The maximum absolute atomic E-state index is 11.4. The zero-order chi connectivity index (χ0) is 10.7. The molecule has 1 rings (SSSR count). The minimum absolute atomic E-state index is 0.178. The van der Waals surface area contributed by atoms with E-state index in [1.165, 1.54) is 0 Å². The summed E-state index contributed by atoms with van der Waals surface area (Å²) in [6.45, 7) is 6.02. The van der Waals surface area contributed by atoms with Crippen LogP contribution in [0.4, 0.5) is 0 Å². The van der Waals surface area contributed by atoms with Crippen molar-refractivity contribution in [2.24, 2.45) is 5.41 Å². The molecule has 14 heavy (non-hydrogen) atoms. The lowest BCUT2D eigenvalue weighted by Crippen LogP contribution is -2.34. The maximum atomic E-state index is 11.4. The van der Waals surface area contributed by atoms with Crippen LogP contribution in [0.1, 0.15) is 26.7 Å². The van der Waals surface area contributed by atoms with Crippen LogP contribution in [0.2, 0.25) is 0 Å². The van der Waals surface area contributed by atoms with Gasteiger partial charge in [0, 0.05) is 13.1 Å². The van der Waals surface area contributed by atoms with Crippen molar-refractivity contribution in [3.63, 3.8) is 0 Å². The summed E-state index contributed by atoms with van der Waals surface area (Å²) in [6, 6.07) is 0. The third-order valence-electron chi connectivity index (χ3n) is 2.62. The van der Waals surface area contributed by atoms with Crippen LogP contribution in [0, 0.1) is 5.41 Å². The van der Waals surface area contributed by atoms with Crippen molar-refractivity contribution in [1.82, 2.24) is 10.0 Å². The van der Waals surface area contributed by atoms with Crippen molar-refractivity contribution in [2.45, 2.75) is 26.7 Å². The van der Waals surface area contributed by atoms with E-state index in [2.05, 4.69) is 17.0 Å². The van der Waals surface area contributed by atoms with Gasteiger partial charge in [0.05, 0.1) is 5.75 Å². The van der Waals surface area contributed by atoms with Crippen LogP contribution in [-0.4, -0.2) is 33.8 Å². The SMILES string of the molecule is CCNCCS(=O)(=O)NCC1(C)CC1. The summed E-state index contributed by atoms with van der Waals surface area (Å²) >= 11 is 0. The van der Waals surface area contributed by atoms with Crippen molar-refractivity contribution < 1.29 is 8.42 Å². The molecule has 1 aliphatic carbocycles. The lowest BCUT2D eigenvalue weighted by Gasteiger charge is -2.10. The van der Waals surface area contributed by atoms with Gasteiger partial charge in [-0.25, -0.2) is 13.1 Å². The Bertz CT molecular complexity index is 271. The third-order valence-corrected chi connectivity index (χ3v) is 3.95. The molecule has 2 N–H and O–H groups in total. The number of rotatable bonds is 7. The van der Waals surface area contributed by atoms with Gasteiger partial charge in [-0.1, -0.05) is 13.8 Å². The molecule has 0 aliphatic heterocycles. The Balaban J connectivity index is 2.20. The molecule has 0 amide bonds. The highest BCUT2D eigenvalue weighted by Crippen LogP contribution is 2.44. The van der Waals surface area contributed by atoms with Gasteiger partial charge in [0.1, 0.15) is 0 Å². The molecule has 0 unspecified atom stereocenters. The molecule has 0 bridgehead atoms. The highest BCUT2D eigenvalue weighted by molar-refractivity contribution is 7.89. The highest BCUT2D eigenvalue weighted by atomic mass is 32.2. The number of sulfonamides is 1. The van der Waals surface area contributed by atoms with Gasteiger partial charge in [0.25, 0.3) is 0 Å². The normalized spacial score (nSPS) is 19.6. The Morgan fingerprint density at radius 2 is 2.00 bits per heavy atom. The van der Waals surface area contributed by atoms with Crippen molar-refractivity contribution in [2.75, 3.05) is 25.4 Å².